The molecule has 5 heteroatoms. The van der Waals surface area contributed by atoms with E-state index in [0.717, 1.165) is 4.90 Å². The molecule has 0 spiro atoms. The van der Waals surface area contributed by atoms with Crippen LogP contribution in [0.3, 0.4) is 0 Å². The average Bonchev–Trinajstić information content (AvgIpc) is 2.07. The molecule has 0 aliphatic carbocycles. The Hall–Kier alpha value is -0.770. The zero-order chi connectivity index (χ0) is 8.10. The largest absolute Gasteiger partial charge is 0.106 e. The number of azide groups is 1. The van der Waals surface area contributed by atoms with E-state index in [1.54, 1.807) is 12.1 Å². The molecule has 0 unspecified atom stereocenters. The maximum absolute atomic E-state index is 8.08. The molecule has 1 aromatic rings. The van der Waals surface area contributed by atoms with Gasteiger partial charge in [0, 0.05) is 15.5 Å². The van der Waals surface area contributed by atoms with Gasteiger partial charge in [0.2, 0.25) is 0 Å². The molecule has 0 radical (unpaired) electrons. The van der Waals surface area contributed by atoms with Crippen LogP contribution in [0.25, 0.3) is 10.4 Å². The molecule has 3 nitrogen and oxygen atoms in total. The van der Waals surface area contributed by atoms with Crippen molar-refractivity contribution in [1.29, 1.82) is 0 Å². The molecule has 1 rings (SSSR count). The highest BCUT2D eigenvalue weighted by Gasteiger charge is 1.89. The van der Waals surface area contributed by atoms with Gasteiger partial charge in [0.05, 0.1) is 0 Å². The first-order valence-electron chi connectivity index (χ1n) is 2.83. The minimum absolute atomic E-state index is 0.624. The van der Waals surface area contributed by atoms with Gasteiger partial charge in [-0.15, -0.1) is 11.7 Å². The normalized spacial score (nSPS) is 8.82. The van der Waals surface area contributed by atoms with E-state index in [4.69, 9.17) is 5.53 Å². The van der Waals surface area contributed by atoms with Crippen molar-refractivity contribution in [2.24, 2.45) is 5.11 Å². The predicted octanol–water partition coefficient (Wildman–Crippen LogP) is 3.57. The van der Waals surface area contributed by atoms with Crippen molar-refractivity contribution in [3.63, 3.8) is 0 Å². The quantitative estimate of drug-likeness (QED) is 0.246. The second-order valence-corrected chi connectivity index (χ2v) is 2.98. The van der Waals surface area contributed by atoms with E-state index in [9.17, 15) is 0 Å². The Labute approximate surface area is 73.2 Å². The third-order valence-electron chi connectivity index (χ3n) is 1.10. The van der Waals surface area contributed by atoms with Gasteiger partial charge in [0.1, 0.15) is 0 Å². The number of benzene rings is 1. The summed E-state index contributed by atoms with van der Waals surface area (Å²) in [6.07, 6.45) is 0. The molecule has 0 N–H and O–H groups in total. The molecule has 0 aromatic heterocycles. The summed E-state index contributed by atoms with van der Waals surface area (Å²) >= 11 is 4.01. The van der Waals surface area contributed by atoms with E-state index in [0.29, 0.717) is 5.69 Å². The molecule has 0 heterocycles. The molecule has 0 fully saturated rings. The van der Waals surface area contributed by atoms with E-state index in [-0.39, 0.29) is 0 Å². The Morgan fingerprint density at radius 2 is 2.00 bits per heavy atom. The molecule has 0 saturated heterocycles. The third-order valence-corrected chi connectivity index (χ3v) is 2.22. The SMILES string of the molecule is [N-]=[N+]=Nc1ccc(SS)cc1. The highest BCUT2D eigenvalue weighted by atomic mass is 33.1. The molecular weight excluding hydrogens is 178 g/mol. The fraction of sp³-hybridized carbons (Fsp3) is 0. The van der Waals surface area contributed by atoms with Crippen molar-refractivity contribution in [2.45, 2.75) is 4.90 Å². The zero-order valence-electron chi connectivity index (χ0n) is 5.51. The van der Waals surface area contributed by atoms with Gasteiger partial charge >= 0.3 is 0 Å². The molecule has 56 valence electrons. The molecule has 0 saturated carbocycles. The van der Waals surface area contributed by atoms with Crippen LogP contribution in [0.1, 0.15) is 0 Å². The average molecular weight is 183 g/mol. The maximum Gasteiger partial charge on any atom is 0.0376 e. The van der Waals surface area contributed by atoms with Crippen LogP contribution in [0.2, 0.25) is 0 Å². The molecule has 11 heavy (non-hydrogen) atoms. The van der Waals surface area contributed by atoms with Crippen LogP contribution in [0, 0.1) is 0 Å². The lowest BCUT2D eigenvalue weighted by atomic mass is 10.3. The van der Waals surface area contributed by atoms with Gasteiger partial charge in [-0.1, -0.05) is 28.0 Å². The van der Waals surface area contributed by atoms with Crippen molar-refractivity contribution in [3.8, 4) is 0 Å². The van der Waals surface area contributed by atoms with Crippen molar-refractivity contribution >= 4 is 28.1 Å². The second kappa shape index (κ2) is 4.18. The number of thiol groups is 1. The van der Waals surface area contributed by atoms with Gasteiger partial charge in [0.25, 0.3) is 0 Å². The lowest BCUT2D eigenvalue weighted by Gasteiger charge is -1.93. The summed E-state index contributed by atoms with van der Waals surface area (Å²) in [6, 6.07) is 7.19. The van der Waals surface area contributed by atoms with Gasteiger partial charge in [-0.2, -0.15) is 0 Å². The van der Waals surface area contributed by atoms with Crippen LogP contribution in [0.15, 0.2) is 34.3 Å². The molecule has 0 aliphatic heterocycles. The van der Waals surface area contributed by atoms with Crippen molar-refractivity contribution in [1.82, 2.24) is 0 Å². The Bertz CT molecular complexity index is 276. The van der Waals surface area contributed by atoms with Crippen LogP contribution in [-0.2, 0) is 0 Å². The molecule has 0 aliphatic rings. The van der Waals surface area contributed by atoms with Crippen LogP contribution < -0.4 is 0 Å². The molecule has 1 aromatic carbocycles. The topological polar surface area (TPSA) is 48.8 Å². The van der Waals surface area contributed by atoms with E-state index >= 15 is 0 Å². The monoisotopic (exact) mass is 183 g/mol. The second-order valence-electron chi connectivity index (χ2n) is 1.77. The molecule has 0 amide bonds. The van der Waals surface area contributed by atoms with Crippen molar-refractivity contribution in [3.05, 3.63) is 34.7 Å². The number of nitrogens with zero attached hydrogens (tertiary/aromatic N) is 3. The Morgan fingerprint density at radius 3 is 2.45 bits per heavy atom. The third kappa shape index (κ3) is 2.38. The van der Waals surface area contributed by atoms with E-state index in [2.05, 4.69) is 21.7 Å². The van der Waals surface area contributed by atoms with Crippen LogP contribution in [0.4, 0.5) is 5.69 Å². The Morgan fingerprint density at radius 1 is 1.36 bits per heavy atom. The fourth-order valence-electron chi connectivity index (χ4n) is 0.625. The van der Waals surface area contributed by atoms with Crippen LogP contribution in [0.5, 0.6) is 0 Å². The number of hydrogen-bond acceptors (Lipinski definition) is 3. The summed E-state index contributed by atoms with van der Waals surface area (Å²) in [6.45, 7) is 0. The summed E-state index contributed by atoms with van der Waals surface area (Å²) in [5.74, 6) is 0. The van der Waals surface area contributed by atoms with E-state index < -0.39 is 0 Å². The van der Waals surface area contributed by atoms with E-state index in [1.807, 2.05) is 12.1 Å². The molecule has 0 bridgehead atoms. The van der Waals surface area contributed by atoms with Crippen molar-refractivity contribution < 1.29 is 0 Å². The van der Waals surface area contributed by atoms with Crippen molar-refractivity contribution in [2.75, 3.05) is 0 Å². The Balaban J connectivity index is 2.91. The summed E-state index contributed by atoms with van der Waals surface area (Å²) in [5.41, 5.74) is 8.71. The van der Waals surface area contributed by atoms with Gasteiger partial charge in [-0.3, -0.25) is 0 Å². The number of hydrogen-bond donors (Lipinski definition) is 1. The minimum Gasteiger partial charge on any atom is -0.106 e. The molecule has 0 atom stereocenters. The Kier molecular flexibility index (Phi) is 3.16. The smallest absolute Gasteiger partial charge is 0.0376 e. The predicted molar refractivity (Wildman–Crippen MR) is 50.1 cm³/mol. The van der Waals surface area contributed by atoms with Gasteiger partial charge < -0.3 is 0 Å². The van der Waals surface area contributed by atoms with Gasteiger partial charge in [-0.25, -0.2) is 0 Å². The zero-order valence-corrected chi connectivity index (χ0v) is 7.22. The van der Waals surface area contributed by atoms with Gasteiger partial charge in [0.15, 0.2) is 0 Å². The van der Waals surface area contributed by atoms with Gasteiger partial charge in [-0.05, 0) is 17.7 Å². The first kappa shape index (κ1) is 8.33. The first-order chi connectivity index (χ1) is 5.36. The lowest BCUT2D eigenvalue weighted by Crippen LogP contribution is -1.64. The van der Waals surface area contributed by atoms with E-state index in [1.165, 1.54) is 10.8 Å². The highest BCUT2D eigenvalue weighted by Crippen LogP contribution is 2.23. The highest BCUT2D eigenvalue weighted by molar-refractivity contribution is 8.68. The maximum atomic E-state index is 8.08. The summed E-state index contributed by atoms with van der Waals surface area (Å²) < 4.78 is 0. The summed E-state index contributed by atoms with van der Waals surface area (Å²) in [5, 5.41) is 3.43. The summed E-state index contributed by atoms with van der Waals surface area (Å²) in [4.78, 5) is 3.69. The first-order valence-corrected chi connectivity index (χ1v) is 4.70. The standard InChI is InChI=1S/C6H5N3S2/c7-9-8-5-1-3-6(11-10)4-2-5/h1-4,10H. The number of rotatable bonds is 2. The molecular formula is C6H5N3S2. The van der Waals surface area contributed by atoms with Crippen LogP contribution in [-0.4, -0.2) is 0 Å². The fourth-order valence-corrected chi connectivity index (χ4v) is 1.25. The summed E-state index contributed by atoms with van der Waals surface area (Å²) in [7, 11) is 1.36. The minimum atomic E-state index is 0.624. The van der Waals surface area contributed by atoms with Crippen LogP contribution >= 0.6 is 22.5 Å². The lowest BCUT2D eigenvalue weighted by molar-refractivity contribution is 1.41.